The summed E-state index contributed by atoms with van der Waals surface area (Å²) < 4.78 is 5.33. The van der Waals surface area contributed by atoms with Crippen LogP contribution < -0.4 is 10.2 Å². The fourth-order valence-electron chi connectivity index (χ4n) is 3.31. The Bertz CT molecular complexity index is 524. The summed E-state index contributed by atoms with van der Waals surface area (Å²) in [5.41, 5.74) is 1.63. The molecule has 2 fully saturated rings. The summed E-state index contributed by atoms with van der Waals surface area (Å²) in [7, 11) is 0. The maximum atomic E-state index is 12.4. The summed E-state index contributed by atoms with van der Waals surface area (Å²) in [6.07, 6.45) is 6.80. The number of ether oxygens (including phenoxy) is 1. The van der Waals surface area contributed by atoms with Gasteiger partial charge in [-0.15, -0.1) is 0 Å². The Kier molecular flexibility index (Phi) is 6.43. The summed E-state index contributed by atoms with van der Waals surface area (Å²) in [5.74, 6) is -0.0834. The van der Waals surface area contributed by atoms with Gasteiger partial charge in [0, 0.05) is 51.2 Å². The summed E-state index contributed by atoms with van der Waals surface area (Å²) in [5, 5.41) is 2.99. The molecule has 0 aromatic carbocycles. The van der Waals surface area contributed by atoms with E-state index in [9.17, 15) is 4.79 Å². The summed E-state index contributed by atoms with van der Waals surface area (Å²) in [6.45, 7) is 7.11. The molecule has 1 aromatic heterocycles. The molecule has 0 aliphatic carbocycles. The van der Waals surface area contributed by atoms with Crippen LogP contribution >= 0.6 is 0 Å². The Balaban J connectivity index is 1.51. The van der Waals surface area contributed by atoms with Gasteiger partial charge in [-0.25, -0.2) is 0 Å². The van der Waals surface area contributed by atoms with Crippen molar-refractivity contribution in [1.29, 1.82) is 0 Å². The van der Waals surface area contributed by atoms with Crippen LogP contribution in [0.5, 0.6) is 0 Å². The van der Waals surface area contributed by atoms with E-state index in [2.05, 4.69) is 20.1 Å². The second-order valence-electron chi connectivity index (χ2n) is 6.51. The minimum Gasteiger partial charge on any atom is -0.379 e. The monoisotopic (exact) mass is 332 g/mol. The van der Waals surface area contributed by atoms with Crippen LogP contribution in [0.2, 0.25) is 0 Å². The highest BCUT2D eigenvalue weighted by Crippen LogP contribution is 2.19. The number of nitrogens with zero attached hydrogens (tertiary/aromatic N) is 3. The van der Waals surface area contributed by atoms with Crippen LogP contribution in [0.3, 0.4) is 0 Å². The van der Waals surface area contributed by atoms with Gasteiger partial charge in [0.2, 0.25) is 0 Å². The van der Waals surface area contributed by atoms with Crippen molar-refractivity contribution in [3.05, 3.63) is 24.0 Å². The first kappa shape index (κ1) is 17.2. The molecule has 0 atom stereocenters. The van der Waals surface area contributed by atoms with E-state index in [1.807, 2.05) is 12.1 Å². The molecule has 1 N–H and O–H groups in total. The largest absolute Gasteiger partial charge is 0.379 e. The molecule has 6 nitrogen and oxygen atoms in total. The molecule has 1 aromatic rings. The van der Waals surface area contributed by atoms with E-state index in [1.165, 1.54) is 25.7 Å². The quantitative estimate of drug-likeness (QED) is 0.886. The molecule has 3 heterocycles. The van der Waals surface area contributed by atoms with Gasteiger partial charge in [0.05, 0.1) is 13.2 Å². The normalized spacial score (nSPS) is 19.8. The fourth-order valence-corrected chi connectivity index (χ4v) is 3.31. The molecule has 1 amide bonds. The molecular weight excluding hydrogens is 304 g/mol. The molecule has 0 spiro atoms. The van der Waals surface area contributed by atoms with Gasteiger partial charge >= 0.3 is 0 Å². The molecule has 0 radical (unpaired) electrons. The lowest BCUT2D eigenvalue weighted by molar-refractivity contribution is 0.0383. The molecule has 24 heavy (non-hydrogen) atoms. The Morgan fingerprint density at radius 2 is 1.88 bits per heavy atom. The van der Waals surface area contributed by atoms with E-state index in [0.29, 0.717) is 12.2 Å². The lowest BCUT2D eigenvalue weighted by Gasteiger charge is -2.26. The number of nitrogens with one attached hydrogen (secondary N) is 1. The van der Waals surface area contributed by atoms with E-state index in [0.717, 1.165) is 51.6 Å². The highest BCUT2D eigenvalue weighted by Gasteiger charge is 2.14. The van der Waals surface area contributed by atoms with Gasteiger partial charge in [-0.1, -0.05) is 12.8 Å². The predicted molar refractivity (Wildman–Crippen MR) is 94.5 cm³/mol. The van der Waals surface area contributed by atoms with Crippen LogP contribution in [-0.2, 0) is 4.74 Å². The van der Waals surface area contributed by atoms with E-state index in [1.54, 1.807) is 6.20 Å². The van der Waals surface area contributed by atoms with E-state index in [4.69, 9.17) is 4.74 Å². The van der Waals surface area contributed by atoms with Crippen LogP contribution in [0.4, 0.5) is 5.69 Å². The number of rotatable bonds is 5. The number of pyridine rings is 1. The van der Waals surface area contributed by atoms with Crippen LogP contribution in [0.1, 0.15) is 36.2 Å². The van der Waals surface area contributed by atoms with Crippen LogP contribution in [0.15, 0.2) is 18.3 Å². The SMILES string of the molecule is O=C(NCCN1CCOCC1)c1cc(N2CCCCCC2)ccn1. The standard InChI is InChI=1S/C18H28N4O2/c23-18(20-7-10-21-11-13-24-14-12-21)17-15-16(5-6-19-17)22-8-3-1-2-4-9-22/h5-6,15H,1-4,7-14H2,(H,20,23). The zero-order chi connectivity index (χ0) is 16.6. The van der Waals surface area contributed by atoms with Crippen molar-refractivity contribution >= 4 is 11.6 Å². The smallest absolute Gasteiger partial charge is 0.269 e. The zero-order valence-corrected chi connectivity index (χ0v) is 14.4. The van der Waals surface area contributed by atoms with Crippen molar-refractivity contribution in [2.24, 2.45) is 0 Å². The lowest BCUT2D eigenvalue weighted by atomic mass is 10.2. The van der Waals surface area contributed by atoms with E-state index >= 15 is 0 Å². The van der Waals surface area contributed by atoms with Gasteiger partial charge in [-0.2, -0.15) is 0 Å². The second kappa shape index (κ2) is 8.99. The predicted octanol–water partition coefficient (Wildman–Crippen LogP) is 1.52. The second-order valence-corrected chi connectivity index (χ2v) is 6.51. The van der Waals surface area contributed by atoms with Gasteiger partial charge in [0.1, 0.15) is 5.69 Å². The maximum absolute atomic E-state index is 12.4. The average Bonchev–Trinajstić information content (AvgIpc) is 2.92. The molecule has 2 aliphatic heterocycles. The molecular formula is C18H28N4O2. The molecule has 2 aliphatic rings. The number of hydrogen-bond donors (Lipinski definition) is 1. The first-order chi connectivity index (χ1) is 11.8. The highest BCUT2D eigenvalue weighted by molar-refractivity contribution is 5.93. The molecule has 6 heteroatoms. The number of anilines is 1. The minimum atomic E-state index is -0.0834. The third kappa shape index (κ3) is 4.92. The third-order valence-electron chi connectivity index (χ3n) is 4.76. The van der Waals surface area contributed by atoms with Gasteiger partial charge in [0.25, 0.3) is 5.91 Å². The van der Waals surface area contributed by atoms with Gasteiger partial charge in [-0.05, 0) is 25.0 Å². The zero-order valence-electron chi connectivity index (χ0n) is 14.4. The first-order valence-corrected chi connectivity index (χ1v) is 9.12. The van der Waals surface area contributed by atoms with E-state index in [-0.39, 0.29) is 5.91 Å². The Labute approximate surface area is 144 Å². The Hall–Kier alpha value is -1.66. The number of carbonyl (C=O) groups is 1. The Morgan fingerprint density at radius 1 is 1.12 bits per heavy atom. The average molecular weight is 332 g/mol. The van der Waals surface area contributed by atoms with Crippen LogP contribution in [-0.4, -0.2) is 68.3 Å². The van der Waals surface area contributed by atoms with Crippen molar-refractivity contribution in [3.63, 3.8) is 0 Å². The van der Waals surface area contributed by atoms with Crippen molar-refractivity contribution < 1.29 is 9.53 Å². The number of carbonyl (C=O) groups excluding carboxylic acids is 1. The van der Waals surface area contributed by atoms with Crippen LogP contribution in [0.25, 0.3) is 0 Å². The van der Waals surface area contributed by atoms with Gasteiger partial charge in [0.15, 0.2) is 0 Å². The summed E-state index contributed by atoms with van der Waals surface area (Å²) in [6, 6.07) is 3.94. The van der Waals surface area contributed by atoms with Gasteiger partial charge in [-0.3, -0.25) is 14.7 Å². The lowest BCUT2D eigenvalue weighted by Crippen LogP contribution is -2.41. The third-order valence-corrected chi connectivity index (χ3v) is 4.76. The molecule has 0 unspecified atom stereocenters. The number of aromatic nitrogens is 1. The molecule has 2 saturated heterocycles. The molecule has 3 rings (SSSR count). The number of morpholine rings is 1. The molecule has 0 saturated carbocycles. The highest BCUT2D eigenvalue weighted by atomic mass is 16.5. The molecule has 0 bridgehead atoms. The topological polar surface area (TPSA) is 57.7 Å². The number of hydrogen-bond acceptors (Lipinski definition) is 5. The first-order valence-electron chi connectivity index (χ1n) is 9.12. The van der Waals surface area contributed by atoms with E-state index < -0.39 is 0 Å². The van der Waals surface area contributed by atoms with Crippen molar-refractivity contribution in [2.45, 2.75) is 25.7 Å². The summed E-state index contributed by atoms with van der Waals surface area (Å²) in [4.78, 5) is 21.3. The summed E-state index contributed by atoms with van der Waals surface area (Å²) >= 11 is 0. The molecule has 132 valence electrons. The Morgan fingerprint density at radius 3 is 2.62 bits per heavy atom. The minimum absolute atomic E-state index is 0.0834. The number of amides is 1. The maximum Gasteiger partial charge on any atom is 0.269 e. The van der Waals surface area contributed by atoms with Crippen molar-refractivity contribution in [2.75, 3.05) is 57.4 Å². The van der Waals surface area contributed by atoms with Gasteiger partial charge < -0.3 is 15.0 Å². The van der Waals surface area contributed by atoms with Crippen molar-refractivity contribution in [1.82, 2.24) is 15.2 Å². The fraction of sp³-hybridized carbons (Fsp3) is 0.667. The van der Waals surface area contributed by atoms with Crippen molar-refractivity contribution in [3.8, 4) is 0 Å². The van der Waals surface area contributed by atoms with Crippen LogP contribution in [0, 0.1) is 0 Å².